The second-order valence-corrected chi connectivity index (χ2v) is 13.6. The van der Waals surface area contributed by atoms with Crippen LogP contribution in [0, 0.1) is 0 Å². The third kappa shape index (κ3) is 6.27. The van der Waals surface area contributed by atoms with Gasteiger partial charge in [-0.15, -0.1) is 0 Å². The molecule has 0 aliphatic rings. The minimum Gasteiger partial charge on any atom is -0.0843 e. The van der Waals surface area contributed by atoms with Gasteiger partial charge in [-0.25, -0.2) is 0 Å². The fraction of sp³-hybridized carbons (Fsp3) is 0.0769. The molecule has 0 saturated heterocycles. The average molecular weight is 536 g/mol. The number of hydrogen-bond donors (Lipinski definition) is 0. The normalized spacial score (nSPS) is 11.3. The van der Waals surface area contributed by atoms with Crippen molar-refractivity contribution in [3.8, 4) is 0 Å². The van der Waals surface area contributed by atoms with Crippen LogP contribution >= 0.6 is 62.2 Å². The first-order chi connectivity index (χ1) is 15.5. The van der Waals surface area contributed by atoms with Gasteiger partial charge in [0.15, 0.2) is 0 Å². The van der Waals surface area contributed by atoms with Crippen molar-refractivity contribution in [1.82, 2.24) is 0 Å². The molecule has 32 heavy (non-hydrogen) atoms. The molecule has 0 nitrogen and oxygen atoms in total. The third-order valence-corrected chi connectivity index (χ3v) is 11.5. The van der Waals surface area contributed by atoms with Crippen LogP contribution in [0.5, 0.6) is 0 Å². The zero-order valence-electron chi connectivity index (χ0n) is 17.1. The smallest absolute Gasteiger partial charge is 0.0406 e. The van der Waals surface area contributed by atoms with Crippen LogP contribution in [0.3, 0.4) is 0 Å². The second-order valence-electron chi connectivity index (χ2n) is 7.21. The van der Waals surface area contributed by atoms with Crippen LogP contribution in [0.1, 0.15) is 0 Å². The van der Waals surface area contributed by atoms with Crippen molar-refractivity contribution in [1.29, 1.82) is 0 Å². The van der Waals surface area contributed by atoms with E-state index in [1.165, 1.54) is 21.2 Å². The van der Waals surface area contributed by atoms with Crippen molar-refractivity contribution in [3.05, 3.63) is 117 Å². The quantitative estimate of drug-likeness (QED) is 0.211. The highest BCUT2D eigenvalue weighted by molar-refractivity contribution is 7.76. The molecule has 0 radical (unpaired) electrons. The molecule has 0 aromatic heterocycles. The van der Waals surface area contributed by atoms with Gasteiger partial charge >= 0.3 is 0 Å². The van der Waals surface area contributed by atoms with Gasteiger partial charge in [0.05, 0.1) is 0 Å². The van der Waals surface area contributed by atoms with Crippen LogP contribution in [0.2, 0.25) is 20.1 Å². The average Bonchev–Trinajstić information content (AvgIpc) is 2.80. The summed E-state index contributed by atoms with van der Waals surface area (Å²) in [6, 6.07) is 33.0. The lowest BCUT2D eigenvalue weighted by Gasteiger charge is -2.24. The van der Waals surface area contributed by atoms with E-state index in [4.69, 9.17) is 46.4 Å². The lowest BCUT2D eigenvalue weighted by Crippen LogP contribution is -2.20. The lowest BCUT2D eigenvalue weighted by molar-refractivity contribution is 1.51. The van der Waals surface area contributed by atoms with Gasteiger partial charge in [-0.3, -0.25) is 0 Å². The van der Waals surface area contributed by atoms with E-state index in [-0.39, 0.29) is 0 Å². The molecule has 0 aliphatic heterocycles. The summed E-state index contributed by atoms with van der Waals surface area (Å²) in [6.45, 7) is 0. The molecule has 0 unspecified atom stereocenters. The SMILES string of the molecule is Clc1ccc(P(CCP(c2ccc(Cl)cc2)c2ccc(Cl)cc2)c2ccc(Cl)cc2)cc1. The highest BCUT2D eigenvalue weighted by Gasteiger charge is 2.19. The molecule has 4 rings (SSSR count). The van der Waals surface area contributed by atoms with Gasteiger partial charge in [0, 0.05) is 20.1 Å². The van der Waals surface area contributed by atoms with E-state index in [0.717, 1.165) is 32.4 Å². The van der Waals surface area contributed by atoms with E-state index in [0.29, 0.717) is 0 Å². The van der Waals surface area contributed by atoms with E-state index < -0.39 is 15.8 Å². The van der Waals surface area contributed by atoms with Gasteiger partial charge in [0.2, 0.25) is 0 Å². The number of hydrogen-bond acceptors (Lipinski definition) is 0. The first-order valence-electron chi connectivity index (χ1n) is 10.1. The summed E-state index contributed by atoms with van der Waals surface area (Å²) < 4.78 is 0. The molecule has 0 saturated carbocycles. The lowest BCUT2D eigenvalue weighted by atomic mass is 10.4. The van der Waals surface area contributed by atoms with Gasteiger partial charge in [-0.05, 0) is 97.9 Å². The van der Waals surface area contributed by atoms with Crippen molar-refractivity contribution in [2.75, 3.05) is 12.3 Å². The Morgan fingerprint density at radius 1 is 0.344 bits per heavy atom. The minimum atomic E-state index is -0.555. The predicted octanol–water partition coefficient (Wildman–Crippen LogP) is 7.87. The first kappa shape index (κ1) is 24.0. The molecular formula is C26H20Cl4P2. The third-order valence-electron chi connectivity index (χ3n) is 5.10. The molecule has 6 heteroatoms. The summed E-state index contributed by atoms with van der Waals surface area (Å²) in [5, 5.41) is 8.27. The fourth-order valence-electron chi connectivity index (χ4n) is 3.50. The van der Waals surface area contributed by atoms with Crippen LogP contribution in [-0.4, -0.2) is 12.3 Å². The monoisotopic (exact) mass is 534 g/mol. The molecule has 0 bridgehead atoms. The molecule has 0 spiro atoms. The maximum atomic E-state index is 6.17. The Hall–Kier alpha value is -1.10. The predicted molar refractivity (Wildman–Crippen MR) is 148 cm³/mol. The maximum Gasteiger partial charge on any atom is 0.0406 e. The molecule has 0 fully saturated rings. The highest BCUT2D eigenvalue weighted by Crippen LogP contribution is 2.41. The Bertz CT molecular complexity index is 957. The Morgan fingerprint density at radius 2 is 0.531 bits per heavy atom. The molecule has 4 aromatic carbocycles. The van der Waals surface area contributed by atoms with E-state index in [9.17, 15) is 0 Å². The largest absolute Gasteiger partial charge is 0.0843 e. The molecule has 0 aliphatic carbocycles. The topological polar surface area (TPSA) is 0 Å². The van der Waals surface area contributed by atoms with E-state index in [1.54, 1.807) is 0 Å². The zero-order valence-corrected chi connectivity index (χ0v) is 21.9. The molecular weight excluding hydrogens is 516 g/mol. The number of benzene rings is 4. The van der Waals surface area contributed by atoms with Crippen LogP contribution in [-0.2, 0) is 0 Å². The van der Waals surface area contributed by atoms with Gasteiger partial charge < -0.3 is 0 Å². The molecule has 162 valence electrons. The summed E-state index contributed by atoms with van der Waals surface area (Å²) in [7, 11) is -1.11. The van der Waals surface area contributed by atoms with Crippen molar-refractivity contribution in [2.24, 2.45) is 0 Å². The first-order valence-corrected chi connectivity index (χ1v) is 14.6. The van der Waals surface area contributed by atoms with Crippen molar-refractivity contribution in [3.63, 3.8) is 0 Å². The fourth-order valence-corrected chi connectivity index (χ4v) is 9.27. The van der Waals surface area contributed by atoms with Gasteiger partial charge in [-0.1, -0.05) is 94.9 Å². The van der Waals surface area contributed by atoms with E-state index in [2.05, 4.69) is 48.5 Å². The summed E-state index contributed by atoms with van der Waals surface area (Å²) in [6.07, 6.45) is 2.10. The second kappa shape index (κ2) is 11.4. The van der Waals surface area contributed by atoms with Crippen molar-refractivity contribution >= 4 is 83.5 Å². The standard InChI is InChI=1S/C26H20Cl4P2/c27-19-1-9-23(10-2-19)31(24-11-3-20(28)4-12-24)17-18-32(25-13-5-21(29)6-14-25)26-15-7-22(30)8-16-26/h1-16H,17-18H2. The summed E-state index contributed by atoms with van der Waals surface area (Å²) >= 11 is 24.7. The van der Waals surface area contributed by atoms with Gasteiger partial charge in [-0.2, -0.15) is 0 Å². The molecule has 0 heterocycles. The Labute approximate surface area is 212 Å². The van der Waals surface area contributed by atoms with Crippen LogP contribution in [0.4, 0.5) is 0 Å². The number of halogens is 4. The molecule has 4 aromatic rings. The summed E-state index contributed by atoms with van der Waals surface area (Å²) in [5.41, 5.74) is 0. The molecule has 0 amide bonds. The van der Waals surface area contributed by atoms with E-state index >= 15 is 0 Å². The molecule has 0 N–H and O–H groups in total. The Balaban J connectivity index is 1.67. The zero-order chi connectivity index (χ0) is 22.5. The van der Waals surface area contributed by atoms with Crippen LogP contribution < -0.4 is 21.2 Å². The van der Waals surface area contributed by atoms with Crippen LogP contribution in [0.25, 0.3) is 0 Å². The van der Waals surface area contributed by atoms with Crippen molar-refractivity contribution < 1.29 is 0 Å². The highest BCUT2D eigenvalue weighted by atomic mass is 35.5. The Morgan fingerprint density at radius 3 is 0.719 bits per heavy atom. The van der Waals surface area contributed by atoms with Crippen LogP contribution in [0.15, 0.2) is 97.1 Å². The van der Waals surface area contributed by atoms with E-state index in [1.807, 2.05) is 48.5 Å². The summed E-state index contributed by atoms with van der Waals surface area (Å²) in [4.78, 5) is 0. The summed E-state index contributed by atoms with van der Waals surface area (Å²) in [5.74, 6) is 0. The minimum absolute atomic E-state index is 0.555. The van der Waals surface area contributed by atoms with Crippen molar-refractivity contribution in [2.45, 2.75) is 0 Å². The van der Waals surface area contributed by atoms with Gasteiger partial charge in [0.1, 0.15) is 0 Å². The molecule has 0 atom stereocenters. The Kier molecular flexibility index (Phi) is 8.53. The van der Waals surface area contributed by atoms with Gasteiger partial charge in [0.25, 0.3) is 0 Å². The maximum absolute atomic E-state index is 6.17. The number of rotatable bonds is 7.